The lowest BCUT2D eigenvalue weighted by Crippen LogP contribution is -2.34. The van der Waals surface area contributed by atoms with Crippen molar-refractivity contribution in [2.24, 2.45) is 0 Å². The minimum absolute atomic E-state index is 0.0140. The zero-order valence-corrected chi connectivity index (χ0v) is 19.5. The van der Waals surface area contributed by atoms with Crippen LogP contribution in [0.2, 0.25) is 0 Å². The third-order valence-electron chi connectivity index (χ3n) is 5.42. The number of aromatic nitrogens is 1. The number of carbonyl (C=O) groups is 1. The van der Waals surface area contributed by atoms with Gasteiger partial charge in [-0.25, -0.2) is 4.98 Å². The van der Waals surface area contributed by atoms with E-state index in [-0.39, 0.29) is 16.8 Å². The molecular formula is C26H25N3O3S. The summed E-state index contributed by atoms with van der Waals surface area (Å²) in [5.41, 5.74) is 5.24. The van der Waals surface area contributed by atoms with Crippen LogP contribution in [-0.4, -0.2) is 21.1 Å². The summed E-state index contributed by atoms with van der Waals surface area (Å²) in [7, 11) is 0. The molecule has 1 heterocycles. The quantitative estimate of drug-likeness (QED) is 0.317. The first-order chi connectivity index (χ1) is 15.8. The molecule has 0 spiro atoms. The lowest BCUT2D eigenvalue weighted by Gasteiger charge is -2.11. The molecule has 0 aliphatic carbocycles. The van der Waals surface area contributed by atoms with E-state index in [1.165, 1.54) is 11.6 Å². The van der Waals surface area contributed by atoms with Gasteiger partial charge < -0.3 is 14.8 Å². The van der Waals surface area contributed by atoms with Crippen LogP contribution >= 0.6 is 12.2 Å². The number of nitrogens with one attached hydrogen (secondary N) is 2. The van der Waals surface area contributed by atoms with Crippen molar-refractivity contribution in [3.63, 3.8) is 0 Å². The van der Waals surface area contributed by atoms with E-state index in [4.69, 9.17) is 16.6 Å². The van der Waals surface area contributed by atoms with E-state index in [0.717, 1.165) is 17.5 Å². The Balaban J connectivity index is 1.46. The molecule has 7 heteroatoms. The fourth-order valence-electron chi connectivity index (χ4n) is 3.44. The van der Waals surface area contributed by atoms with Crippen molar-refractivity contribution in [1.29, 1.82) is 0 Å². The lowest BCUT2D eigenvalue weighted by molar-refractivity contribution is 0.0977. The predicted molar refractivity (Wildman–Crippen MR) is 135 cm³/mol. The van der Waals surface area contributed by atoms with Crippen LogP contribution in [0.4, 0.5) is 5.69 Å². The number of oxazole rings is 1. The second-order valence-corrected chi connectivity index (χ2v) is 8.50. The number of hydrogen-bond donors (Lipinski definition) is 3. The molecule has 0 saturated carbocycles. The van der Waals surface area contributed by atoms with Gasteiger partial charge in [0.25, 0.3) is 5.91 Å². The highest BCUT2D eigenvalue weighted by molar-refractivity contribution is 7.80. The summed E-state index contributed by atoms with van der Waals surface area (Å²) in [4.78, 5) is 16.9. The Morgan fingerprint density at radius 3 is 2.52 bits per heavy atom. The van der Waals surface area contributed by atoms with Gasteiger partial charge in [-0.2, -0.15) is 0 Å². The van der Waals surface area contributed by atoms with Crippen molar-refractivity contribution < 1.29 is 14.3 Å². The Kier molecular flexibility index (Phi) is 6.42. The summed E-state index contributed by atoms with van der Waals surface area (Å²) in [6, 6.07) is 18.2. The number of carbonyl (C=O) groups excluding carboxylic acids is 1. The molecule has 3 aromatic carbocycles. The fourth-order valence-corrected chi connectivity index (χ4v) is 3.65. The number of benzene rings is 3. The third kappa shape index (κ3) is 5.04. The summed E-state index contributed by atoms with van der Waals surface area (Å²) in [6.07, 6.45) is 0.907. The van der Waals surface area contributed by atoms with E-state index in [1.54, 1.807) is 24.3 Å². The summed E-state index contributed by atoms with van der Waals surface area (Å²) in [5.74, 6) is 0.401. The third-order valence-corrected chi connectivity index (χ3v) is 5.62. The molecule has 4 rings (SSSR count). The molecule has 0 saturated heterocycles. The summed E-state index contributed by atoms with van der Waals surface area (Å²) >= 11 is 5.25. The molecule has 1 amide bonds. The summed E-state index contributed by atoms with van der Waals surface area (Å²) in [6.45, 7) is 6.30. The minimum atomic E-state index is -0.303. The van der Waals surface area contributed by atoms with E-state index in [9.17, 15) is 9.90 Å². The van der Waals surface area contributed by atoms with Gasteiger partial charge in [-0.3, -0.25) is 10.1 Å². The highest BCUT2D eigenvalue weighted by Gasteiger charge is 2.15. The van der Waals surface area contributed by atoms with Gasteiger partial charge in [-0.1, -0.05) is 39.0 Å². The molecule has 0 aliphatic heterocycles. The number of fused-ring (bicyclic) bond motifs is 1. The largest absolute Gasteiger partial charge is 0.507 e. The predicted octanol–water partition coefficient (Wildman–Crippen LogP) is 6.01. The number of aryl methyl sites for hydroxylation is 1. The van der Waals surface area contributed by atoms with E-state index in [2.05, 4.69) is 36.4 Å². The zero-order chi connectivity index (χ0) is 23.5. The number of amides is 1. The number of rotatable bonds is 5. The van der Waals surface area contributed by atoms with Crippen molar-refractivity contribution in [3.8, 4) is 17.2 Å². The van der Waals surface area contributed by atoms with Crippen LogP contribution in [0.1, 0.15) is 48.2 Å². The molecule has 6 nitrogen and oxygen atoms in total. The van der Waals surface area contributed by atoms with Crippen LogP contribution in [0, 0.1) is 0 Å². The molecule has 0 fully saturated rings. The maximum absolute atomic E-state index is 12.4. The van der Waals surface area contributed by atoms with Gasteiger partial charge in [-0.15, -0.1) is 0 Å². The van der Waals surface area contributed by atoms with Crippen LogP contribution in [-0.2, 0) is 6.42 Å². The first-order valence-corrected chi connectivity index (χ1v) is 11.2. The van der Waals surface area contributed by atoms with Crippen molar-refractivity contribution >= 4 is 40.0 Å². The van der Waals surface area contributed by atoms with Crippen LogP contribution in [0.5, 0.6) is 5.75 Å². The standard InChI is InChI=1S/C26H25N3O3S/c1-4-16-5-7-17(8-6-16)24(31)29-26(33)27-19-10-11-20(22(30)14-19)25-28-21-13-18(15(2)3)9-12-23(21)32-25/h5-15,30H,4H2,1-3H3,(H2,27,29,31,33). The fraction of sp³-hybridized carbons (Fsp3) is 0.192. The zero-order valence-electron chi connectivity index (χ0n) is 18.7. The lowest BCUT2D eigenvalue weighted by atomic mass is 10.0. The van der Waals surface area contributed by atoms with Crippen molar-refractivity contribution in [1.82, 2.24) is 10.3 Å². The van der Waals surface area contributed by atoms with Crippen molar-refractivity contribution in [2.45, 2.75) is 33.1 Å². The molecule has 3 N–H and O–H groups in total. The Morgan fingerprint density at radius 2 is 1.85 bits per heavy atom. The number of anilines is 1. The Hall–Kier alpha value is -3.71. The highest BCUT2D eigenvalue weighted by Crippen LogP contribution is 2.33. The number of phenols is 1. The maximum Gasteiger partial charge on any atom is 0.257 e. The Labute approximate surface area is 197 Å². The number of thiocarbonyl (C=S) groups is 1. The first-order valence-electron chi connectivity index (χ1n) is 10.8. The molecule has 1 aromatic heterocycles. The van der Waals surface area contributed by atoms with Crippen LogP contribution in [0.15, 0.2) is 65.1 Å². The summed E-state index contributed by atoms with van der Waals surface area (Å²) in [5, 5.41) is 16.3. The first kappa shape index (κ1) is 22.5. The van der Waals surface area contributed by atoms with Gasteiger partial charge in [0, 0.05) is 17.3 Å². The molecule has 0 aliphatic rings. The van der Waals surface area contributed by atoms with Crippen LogP contribution < -0.4 is 10.6 Å². The Morgan fingerprint density at radius 1 is 1.09 bits per heavy atom. The van der Waals surface area contributed by atoms with Crippen LogP contribution in [0.3, 0.4) is 0 Å². The second-order valence-electron chi connectivity index (χ2n) is 8.09. The van der Waals surface area contributed by atoms with E-state index in [0.29, 0.717) is 34.2 Å². The molecule has 168 valence electrons. The van der Waals surface area contributed by atoms with Gasteiger partial charge in [0.05, 0.1) is 5.56 Å². The summed E-state index contributed by atoms with van der Waals surface area (Å²) < 4.78 is 5.83. The minimum Gasteiger partial charge on any atom is -0.507 e. The second kappa shape index (κ2) is 9.42. The normalized spacial score (nSPS) is 11.0. The van der Waals surface area contributed by atoms with Crippen molar-refractivity contribution in [3.05, 3.63) is 77.4 Å². The average molecular weight is 460 g/mol. The number of aromatic hydroxyl groups is 1. The molecular weight excluding hydrogens is 434 g/mol. The van der Waals surface area contributed by atoms with Gasteiger partial charge in [-0.05, 0) is 72.1 Å². The maximum atomic E-state index is 12.4. The van der Waals surface area contributed by atoms with Gasteiger partial charge in [0.15, 0.2) is 10.7 Å². The smallest absolute Gasteiger partial charge is 0.257 e. The topological polar surface area (TPSA) is 87.4 Å². The number of hydrogen-bond acceptors (Lipinski definition) is 5. The average Bonchev–Trinajstić information content (AvgIpc) is 3.22. The highest BCUT2D eigenvalue weighted by atomic mass is 32.1. The molecule has 33 heavy (non-hydrogen) atoms. The molecule has 0 atom stereocenters. The van der Waals surface area contributed by atoms with Gasteiger partial charge in [0.2, 0.25) is 5.89 Å². The van der Waals surface area contributed by atoms with E-state index < -0.39 is 0 Å². The van der Waals surface area contributed by atoms with Crippen molar-refractivity contribution in [2.75, 3.05) is 5.32 Å². The molecule has 0 unspecified atom stereocenters. The van der Waals surface area contributed by atoms with Gasteiger partial charge in [0.1, 0.15) is 11.3 Å². The monoisotopic (exact) mass is 459 g/mol. The Bertz CT molecular complexity index is 1330. The molecule has 4 aromatic rings. The number of phenolic OH excluding ortho intramolecular Hbond substituents is 1. The van der Waals surface area contributed by atoms with E-state index in [1.807, 2.05) is 30.3 Å². The molecule has 0 radical (unpaired) electrons. The molecule has 0 bridgehead atoms. The SMILES string of the molecule is CCc1ccc(C(=O)NC(=S)Nc2ccc(-c3nc4cc(C(C)C)ccc4o3)c(O)c2)cc1. The number of nitrogens with zero attached hydrogens (tertiary/aromatic N) is 1. The van der Waals surface area contributed by atoms with Crippen LogP contribution in [0.25, 0.3) is 22.6 Å². The van der Waals surface area contributed by atoms with Gasteiger partial charge >= 0.3 is 0 Å². The van der Waals surface area contributed by atoms with E-state index >= 15 is 0 Å².